The summed E-state index contributed by atoms with van der Waals surface area (Å²) < 4.78 is 0. The molecule has 1 aromatic carbocycles. The normalized spacial score (nSPS) is 20.8. The van der Waals surface area contributed by atoms with Gasteiger partial charge in [-0.2, -0.15) is 0 Å². The maximum absolute atomic E-state index is 3.46. The molecule has 1 unspecified atom stereocenters. The zero-order valence-corrected chi connectivity index (χ0v) is 7.59. The Morgan fingerprint density at radius 2 is 2.31 bits per heavy atom. The molecule has 2 nitrogen and oxygen atoms in total. The fraction of sp³-hybridized carbons (Fsp3) is 0.273. The van der Waals surface area contributed by atoms with Crippen LogP contribution >= 0.6 is 0 Å². The van der Waals surface area contributed by atoms with Crippen LogP contribution in [0.5, 0.6) is 0 Å². The highest BCUT2D eigenvalue weighted by atomic mass is 14.9. The standard InChI is InChI=1S/C11H12N2/c1-7-9-6-13-10-4-2-3-8(5-12-7)11(9)10/h2-4,6-7,12-13H,5H2,1H3. The number of aromatic nitrogens is 1. The minimum atomic E-state index is 0.476. The second-order valence-corrected chi connectivity index (χ2v) is 3.69. The van der Waals surface area contributed by atoms with Crippen molar-refractivity contribution in [2.45, 2.75) is 19.5 Å². The fourth-order valence-corrected chi connectivity index (χ4v) is 2.15. The van der Waals surface area contributed by atoms with Crippen molar-refractivity contribution in [2.75, 3.05) is 0 Å². The Hall–Kier alpha value is -1.28. The average Bonchev–Trinajstić information content (AvgIpc) is 2.57. The van der Waals surface area contributed by atoms with Crippen molar-refractivity contribution in [3.63, 3.8) is 0 Å². The van der Waals surface area contributed by atoms with E-state index in [0.29, 0.717) is 6.04 Å². The van der Waals surface area contributed by atoms with Crippen molar-refractivity contribution >= 4 is 10.9 Å². The van der Waals surface area contributed by atoms with Crippen LogP contribution in [0.15, 0.2) is 24.4 Å². The molecule has 0 saturated heterocycles. The summed E-state index contributed by atoms with van der Waals surface area (Å²) in [5.41, 5.74) is 4.07. The molecule has 0 fully saturated rings. The van der Waals surface area contributed by atoms with Gasteiger partial charge in [0.25, 0.3) is 0 Å². The van der Waals surface area contributed by atoms with Crippen molar-refractivity contribution in [3.8, 4) is 0 Å². The molecule has 0 bridgehead atoms. The SMILES string of the molecule is CC1NCc2cccc3[nH]cc1c23. The third kappa shape index (κ3) is 0.864. The van der Waals surface area contributed by atoms with E-state index in [9.17, 15) is 0 Å². The van der Waals surface area contributed by atoms with E-state index in [1.807, 2.05) is 0 Å². The predicted molar refractivity (Wildman–Crippen MR) is 53.6 cm³/mol. The fourth-order valence-electron chi connectivity index (χ4n) is 2.15. The first-order valence-electron chi connectivity index (χ1n) is 4.68. The van der Waals surface area contributed by atoms with Crippen LogP contribution in [0.3, 0.4) is 0 Å². The van der Waals surface area contributed by atoms with Crippen molar-refractivity contribution in [2.24, 2.45) is 0 Å². The Bertz CT molecular complexity index is 456. The van der Waals surface area contributed by atoms with Crippen LogP contribution in [-0.2, 0) is 6.54 Å². The molecule has 1 aliphatic rings. The highest BCUT2D eigenvalue weighted by Gasteiger charge is 2.17. The van der Waals surface area contributed by atoms with Crippen molar-refractivity contribution < 1.29 is 0 Å². The van der Waals surface area contributed by atoms with E-state index in [-0.39, 0.29) is 0 Å². The largest absolute Gasteiger partial charge is 0.361 e. The smallest absolute Gasteiger partial charge is 0.0460 e. The van der Waals surface area contributed by atoms with E-state index in [1.165, 1.54) is 22.0 Å². The molecule has 0 spiro atoms. The molecule has 2 heteroatoms. The summed E-state index contributed by atoms with van der Waals surface area (Å²) >= 11 is 0. The topological polar surface area (TPSA) is 27.8 Å². The Morgan fingerprint density at radius 1 is 1.38 bits per heavy atom. The van der Waals surface area contributed by atoms with Crippen LogP contribution in [0.2, 0.25) is 0 Å². The summed E-state index contributed by atoms with van der Waals surface area (Å²) in [5.74, 6) is 0. The zero-order chi connectivity index (χ0) is 8.84. The number of benzene rings is 1. The minimum absolute atomic E-state index is 0.476. The van der Waals surface area contributed by atoms with Crippen LogP contribution in [0.1, 0.15) is 24.1 Å². The highest BCUT2D eigenvalue weighted by Crippen LogP contribution is 2.30. The Balaban J connectivity index is 2.45. The van der Waals surface area contributed by atoms with Crippen LogP contribution in [0.4, 0.5) is 0 Å². The maximum Gasteiger partial charge on any atom is 0.0460 e. The number of H-pyrrole nitrogens is 1. The minimum Gasteiger partial charge on any atom is -0.361 e. The van der Waals surface area contributed by atoms with E-state index in [2.05, 4.69) is 41.6 Å². The van der Waals surface area contributed by atoms with E-state index >= 15 is 0 Å². The Kier molecular flexibility index (Phi) is 1.30. The third-order valence-corrected chi connectivity index (χ3v) is 2.89. The van der Waals surface area contributed by atoms with Crippen LogP contribution in [0, 0.1) is 0 Å². The summed E-state index contributed by atoms with van der Waals surface area (Å²) in [7, 11) is 0. The molecule has 1 atom stereocenters. The van der Waals surface area contributed by atoms with E-state index in [4.69, 9.17) is 0 Å². The first-order valence-corrected chi connectivity index (χ1v) is 4.68. The molecule has 2 N–H and O–H groups in total. The van der Waals surface area contributed by atoms with Crippen LogP contribution in [-0.4, -0.2) is 4.98 Å². The second-order valence-electron chi connectivity index (χ2n) is 3.69. The molecule has 2 aromatic rings. The first-order chi connectivity index (χ1) is 6.36. The molecule has 66 valence electrons. The van der Waals surface area contributed by atoms with Crippen molar-refractivity contribution in [1.82, 2.24) is 10.3 Å². The van der Waals surface area contributed by atoms with Gasteiger partial charge in [-0.25, -0.2) is 0 Å². The lowest BCUT2D eigenvalue weighted by atomic mass is 9.98. The van der Waals surface area contributed by atoms with Crippen molar-refractivity contribution in [1.29, 1.82) is 0 Å². The van der Waals surface area contributed by atoms with Gasteiger partial charge in [0.15, 0.2) is 0 Å². The summed E-state index contributed by atoms with van der Waals surface area (Å²) in [6.45, 7) is 3.20. The second kappa shape index (κ2) is 2.36. The molecule has 0 amide bonds. The Morgan fingerprint density at radius 3 is 3.23 bits per heavy atom. The average molecular weight is 172 g/mol. The quantitative estimate of drug-likeness (QED) is 0.627. The molecule has 1 aliphatic heterocycles. The number of hydrogen-bond acceptors (Lipinski definition) is 1. The summed E-state index contributed by atoms with van der Waals surface area (Å²) in [5, 5.41) is 4.89. The maximum atomic E-state index is 3.46. The summed E-state index contributed by atoms with van der Waals surface area (Å²) in [6.07, 6.45) is 2.12. The molecule has 0 aliphatic carbocycles. The van der Waals surface area contributed by atoms with E-state index in [0.717, 1.165) is 6.54 Å². The first kappa shape index (κ1) is 7.15. The molecule has 13 heavy (non-hydrogen) atoms. The molecule has 0 saturated carbocycles. The van der Waals surface area contributed by atoms with Gasteiger partial charge in [0.2, 0.25) is 0 Å². The molecule has 1 aromatic heterocycles. The third-order valence-electron chi connectivity index (χ3n) is 2.89. The molecule has 0 radical (unpaired) electrons. The molecule has 2 heterocycles. The van der Waals surface area contributed by atoms with E-state index in [1.54, 1.807) is 0 Å². The number of nitrogens with one attached hydrogen (secondary N) is 2. The van der Waals surface area contributed by atoms with Crippen LogP contribution < -0.4 is 5.32 Å². The highest BCUT2D eigenvalue weighted by molar-refractivity contribution is 5.87. The predicted octanol–water partition coefficient (Wildman–Crippen LogP) is 2.33. The van der Waals surface area contributed by atoms with Gasteiger partial charge in [0.05, 0.1) is 0 Å². The lowest BCUT2D eigenvalue weighted by molar-refractivity contribution is 0.567. The number of hydrogen-bond donors (Lipinski definition) is 2. The molecule has 3 rings (SSSR count). The zero-order valence-electron chi connectivity index (χ0n) is 7.59. The van der Waals surface area contributed by atoms with Crippen molar-refractivity contribution in [3.05, 3.63) is 35.5 Å². The summed E-state index contributed by atoms with van der Waals surface area (Å²) in [6, 6.07) is 6.91. The van der Waals surface area contributed by atoms with Crippen LogP contribution in [0.25, 0.3) is 10.9 Å². The lowest BCUT2D eigenvalue weighted by Gasteiger charge is -2.20. The van der Waals surface area contributed by atoms with Gasteiger partial charge < -0.3 is 10.3 Å². The van der Waals surface area contributed by atoms with Gasteiger partial charge in [-0.15, -0.1) is 0 Å². The number of rotatable bonds is 0. The molecular weight excluding hydrogens is 160 g/mol. The van der Waals surface area contributed by atoms with Gasteiger partial charge in [0, 0.05) is 29.7 Å². The van der Waals surface area contributed by atoms with E-state index < -0.39 is 0 Å². The molecular formula is C11H12N2. The van der Waals surface area contributed by atoms with Gasteiger partial charge in [-0.3, -0.25) is 0 Å². The monoisotopic (exact) mass is 172 g/mol. The Labute approximate surface area is 77.0 Å². The van der Waals surface area contributed by atoms with Gasteiger partial charge in [0.1, 0.15) is 0 Å². The van der Waals surface area contributed by atoms with Gasteiger partial charge in [-0.1, -0.05) is 12.1 Å². The van der Waals surface area contributed by atoms with Gasteiger partial charge >= 0.3 is 0 Å². The lowest BCUT2D eigenvalue weighted by Crippen LogP contribution is -2.21. The van der Waals surface area contributed by atoms with Gasteiger partial charge in [-0.05, 0) is 24.1 Å². The number of aromatic amines is 1. The summed E-state index contributed by atoms with van der Waals surface area (Å²) in [4.78, 5) is 3.31.